The molecule has 1 saturated heterocycles. The number of ether oxygens (including phenoxy) is 2. The Morgan fingerprint density at radius 3 is 2.75 bits per heavy atom. The van der Waals surface area contributed by atoms with Gasteiger partial charge in [0.15, 0.2) is 11.5 Å². The molecule has 0 aromatic heterocycles. The fourth-order valence-electron chi connectivity index (χ4n) is 3.36. The molecule has 1 N–H and O–H groups in total. The van der Waals surface area contributed by atoms with Gasteiger partial charge in [-0.2, -0.15) is 0 Å². The van der Waals surface area contributed by atoms with E-state index in [-0.39, 0.29) is 5.54 Å². The molecule has 2 aliphatic heterocycles. The first kappa shape index (κ1) is 13.7. The van der Waals surface area contributed by atoms with Crippen molar-refractivity contribution in [2.24, 2.45) is 0 Å². The van der Waals surface area contributed by atoms with Crippen LogP contribution in [0.15, 0.2) is 18.2 Å². The van der Waals surface area contributed by atoms with Crippen molar-refractivity contribution in [1.29, 1.82) is 0 Å². The zero-order chi connectivity index (χ0) is 13.8. The second-order valence-electron chi connectivity index (χ2n) is 5.89. The molecular formula is C17H25NO2. The molecule has 110 valence electrons. The van der Waals surface area contributed by atoms with Crippen LogP contribution in [0.5, 0.6) is 11.5 Å². The van der Waals surface area contributed by atoms with Gasteiger partial charge in [0.25, 0.3) is 0 Å². The van der Waals surface area contributed by atoms with Crippen molar-refractivity contribution in [2.75, 3.05) is 19.8 Å². The Morgan fingerprint density at radius 2 is 1.90 bits per heavy atom. The smallest absolute Gasteiger partial charge is 0.161 e. The lowest BCUT2D eigenvalue weighted by atomic mass is 9.83. The molecule has 3 rings (SSSR count). The van der Waals surface area contributed by atoms with Crippen LogP contribution < -0.4 is 14.8 Å². The van der Waals surface area contributed by atoms with Gasteiger partial charge in [-0.15, -0.1) is 0 Å². The fourth-order valence-corrected chi connectivity index (χ4v) is 3.36. The van der Waals surface area contributed by atoms with Crippen LogP contribution in [0.1, 0.15) is 51.0 Å². The number of nitrogens with one attached hydrogen (secondary N) is 1. The summed E-state index contributed by atoms with van der Waals surface area (Å²) in [7, 11) is 0. The third-order valence-electron chi connectivity index (χ3n) is 4.65. The first-order chi connectivity index (χ1) is 9.84. The van der Waals surface area contributed by atoms with Crippen molar-refractivity contribution < 1.29 is 9.47 Å². The molecule has 3 nitrogen and oxygen atoms in total. The normalized spacial score (nSPS) is 26.6. The van der Waals surface area contributed by atoms with Crippen LogP contribution in [0.2, 0.25) is 0 Å². The Morgan fingerprint density at radius 1 is 1.05 bits per heavy atom. The van der Waals surface area contributed by atoms with Gasteiger partial charge < -0.3 is 14.8 Å². The molecule has 0 amide bonds. The summed E-state index contributed by atoms with van der Waals surface area (Å²) in [5.41, 5.74) is 1.47. The highest BCUT2D eigenvalue weighted by Crippen LogP contribution is 2.38. The summed E-state index contributed by atoms with van der Waals surface area (Å²) in [6.07, 6.45) is 7.21. The predicted octanol–water partition coefficient (Wildman–Crippen LogP) is 3.62. The van der Waals surface area contributed by atoms with Crippen molar-refractivity contribution in [3.05, 3.63) is 23.8 Å². The zero-order valence-corrected chi connectivity index (χ0v) is 12.4. The van der Waals surface area contributed by atoms with E-state index in [1.54, 1.807) is 0 Å². The highest BCUT2D eigenvalue weighted by atomic mass is 16.5. The Balaban J connectivity index is 1.93. The van der Waals surface area contributed by atoms with Gasteiger partial charge in [0.1, 0.15) is 0 Å². The van der Waals surface area contributed by atoms with Gasteiger partial charge in [-0.25, -0.2) is 0 Å². The maximum absolute atomic E-state index is 5.85. The molecule has 1 aromatic rings. The van der Waals surface area contributed by atoms with E-state index in [9.17, 15) is 0 Å². The Hall–Kier alpha value is -1.22. The lowest BCUT2D eigenvalue weighted by Gasteiger charge is -2.34. The fraction of sp³-hybridized carbons (Fsp3) is 0.647. The van der Waals surface area contributed by atoms with E-state index in [1.807, 2.05) is 0 Å². The molecule has 3 heteroatoms. The molecule has 0 bridgehead atoms. The number of fused-ring (bicyclic) bond motifs is 1. The first-order valence-electron chi connectivity index (χ1n) is 7.99. The van der Waals surface area contributed by atoms with Crippen LogP contribution in [0.25, 0.3) is 0 Å². The lowest BCUT2D eigenvalue weighted by molar-refractivity contribution is 0.295. The average Bonchev–Trinajstić information content (AvgIpc) is 2.87. The molecule has 0 radical (unpaired) electrons. The Kier molecular flexibility index (Phi) is 4.16. The summed E-state index contributed by atoms with van der Waals surface area (Å²) in [5, 5.41) is 3.79. The monoisotopic (exact) mass is 275 g/mol. The van der Waals surface area contributed by atoms with Crippen LogP contribution in [0.4, 0.5) is 0 Å². The van der Waals surface area contributed by atoms with Crippen LogP contribution >= 0.6 is 0 Å². The van der Waals surface area contributed by atoms with Crippen LogP contribution in [0.3, 0.4) is 0 Å². The summed E-state index contributed by atoms with van der Waals surface area (Å²) in [5.74, 6) is 1.81. The van der Waals surface area contributed by atoms with E-state index in [4.69, 9.17) is 9.47 Å². The lowest BCUT2D eigenvalue weighted by Crippen LogP contribution is -2.41. The molecule has 20 heavy (non-hydrogen) atoms. The second-order valence-corrected chi connectivity index (χ2v) is 5.89. The Labute approximate surface area is 121 Å². The first-order valence-corrected chi connectivity index (χ1v) is 7.99. The summed E-state index contributed by atoms with van der Waals surface area (Å²) in [4.78, 5) is 0. The van der Waals surface area contributed by atoms with Crippen molar-refractivity contribution in [2.45, 2.75) is 51.0 Å². The Bertz CT molecular complexity index is 450. The van der Waals surface area contributed by atoms with E-state index >= 15 is 0 Å². The summed E-state index contributed by atoms with van der Waals surface area (Å²) < 4.78 is 11.6. The van der Waals surface area contributed by atoms with Crippen molar-refractivity contribution >= 4 is 0 Å². The van der Waals surface area contributed by atoms with Gasteiger partial charge in [-0.05, 0) is 43.5 Å². The van der Waals surface area contributed by atoms with E-state index < -0.39 is 0 Å². The quantitative estimate of drug-likeness (QED) is 0.894. The average molecular weight is 275 g/mol. The van der Waals surface area contributed by atoms with Gasteiger partial charge >= 0.3 is 0 Å². The van der Waals surface area contributed by atoms with Gasteiger partial charge in [-0.1, -0.05) is 25.8 Å². The van der Waals surface area contributed by atoms with E-state index in [2.05, 4.69) is 30.4 Å². The topological polar surface area (TPSA) is 30.5 Å². The summed E-state index contributed by atoms with van der Waals surface area (Å²) in [6.45, 7) is 4.90. The van der Waals surface area contributed by atoms with Crippen LogP contribution in [-0.4, -0.2) is 19.8 Å². The van der Waals surface area contributed by atoms with Crippen LogP contribution in [0, 0.1) is 0 Å². The SMILES string of the molecule is CCC1(c2ccc3c(c2)OCCCO3)CCCCCN1. The van der Waals surface area contributed by atoms with Crippen LogP contribution in [-0.2, 0) is 5.54 Å². The standard InChI is InChI=1S/C17H25NO2/c1-2-17(9-4-3-5-10-18-17)14-7-8-15-16(13-14)20-12-6-11-19-15/h7-8,13,18H,2-6,9-12H2,1H3. The van der Waals surface area contributed by atoms with E-state index in [0.717, 1.165) is 44.1 Å². The van der Waals surface area contributed by atoms with E-state index in [1.165, 1.54) is 31.2 Å². The molecule has 0 spiro atoms. The summed E-state index contributed by atoms with van der Waals surface area (Å²) >= 11 is 0. The molecule has 1 unspecified atom stereocenters. The highest BCUT2D eigenvalue weighted by Gasteiger charge is 2.31. The maximum atomic E-state index is 5.85. The summed E-state index contributed by atoms with van der Waals surface area (Å²) in [6, 6.07) is 6.50. The van der Waals surface area contributed by atoms with Gasteiger partial charge in [0.05, 0.1) is 13.2 Å². The van der Waals surface area contributed by atoms with Crippen molar-refractivity contribution in [3.8, 4) is 11.5 Å². The van der Waals surface area contributed by atoms with Crippen molar-refractivity contribution in [3.63, 3.8) is 0 Å². The highest BCUT2D eigenvalue weighted by molar-refractivity contribution is 5.45. The second kappa shape index (κ2) is 6.04. The number of hydrogen-bond acceptors (Lipinski definition) is 3. The molecule has 2 heterocycles. The largest absolute Gasteiger partial charge is 0.490 e. The van der Waals surface area contributed by atoms with Gasteiger partial charge in [0.2, 0.25) is 0 Å². The molecule has 1 atom stereocenters. The molecule has 2 aliphatic rings. The predicted molar refractivity (Wildman–Crippen MR) is 80.5 cm³/mol. The maximum Gasteiger partial charge on any atom is 0.161 e. The number of benzene rings is 1. The molecule has 1 fully saturated rings. The third kappa shape index (κ3) is 2.64. The minimum absolute atomic E-state index is 0.112. The van der Waals surface area contributed by atoms with Gasteiger partial charge in [0, 0.05) is 12.0 Å². The van der Waals surface area contributed by atoms with Gasteiger partial charge in [-0.3, -0.25) is 0 Å². The van der Waals surface area contributed by atoms with E-state index in [0.29, 0.717) is 0 Å². The minimum Gasteiger partial charge on any atom is -0.490 e. The molecular weight excluding hydrogens is 250 g/mol. The number of hydrogen-bond donors (Lipinski definition) is 1. The molecule has 0 saturated carbocycles. The molecule has 0 aliphatic carbocycles. The minimum atomic E-state index is 0.112. The number of rotatable bonds is 2. The van der Waals surface area contributed by atoms with Crippen molar-refractivity contribution in [1.82, 2.24) is 5.32 Å². The zero-order valence-electron chi connectivity index (χ0n) is 12.4. The third-order valence-corrected chi connectivity index (χ3v) is 4.65. The molecule has 1 aromatic carbocycles.